The number of rotatable bonds is 5. The van der Waals surface area contributed by atoms with E-state index in [0.717, 1.165) is 33.9 Å². The van der Waals surface area contributed by atoms with Crippen LogP contribution >= 0.6 is 0 Å². The molecule has 0 fully saturated rings. The lowest BCUT2D eigenvalue weighted by Gasteiger charge is -2.07. The van der Waals surface area contributed by atoms with Crippen molar-refractivity contribution in [1.29, 1.82) is 0 Å². The maximum Gasteiger partial charge on any atom is 0.180 e. The van der Waals surface area contributed by atoms with Crippen molar-refractivity contribution in [2.45, 2.75) is 20.4 Å². The van der Waals surface area contributed by atoms with Gasteiger partial charge in [-0.1, -0.05) is 36.4 Å². The first-order valence-electron chi connectivity index (χ1n) is 7.64. The summed E-state index contributed by atoms with van der Waals surface area (Å²) in [5, 5.41) is 0. The van der Waals surface area contributed by atoms with Crippen molar-refractivity contribution in [1.82, 2.24) is 9.38 Å². The van der Waals surface area contributed by atoms with E-state index < -0.39 is 0 Å². The smallest absolute Gasteiger partial charge is 0.180 e. The highest BCUT2D eigenvalue weighted by Gasteiger charge is 2.15. The maximum atomic E-state index is 5.98. The van der Waals surface area contributed by atoms with Gasteiger partial charge >= 0.3 is 0 Å². The highest BCUT2D eigenvalue weighted by atomic mass is 16.5. The van der Waals surface area contributed by atoms with E-state index >= 15 is 0 Å². The van der Waals surface area contributed by atoms with Crippen LogP contribution in [-0.4, -0.2) is 16.0 Å². The second kappa shape index (κ2) is 6.26. The van der Waals surface area contributed by atoms with Crippen LogP contribution in [0.1, 0.15) is 18.2 Å². The quantitative estimate of drug-likeness (QED) is 0.731. The molecule has 0 aliphatic rings. The molecule has 2 heterocycles. The van der Waals surface area contributed by atoms with Gasteiger partial charge in [0.25, 0.3) is 0 Å². The van der Waals surface area contributed by atoms with Gasteiger partial charge in [-0.3, -0.25) is 4.40 Å². The molecule has 2 N–H and O–H groups in total. The molecule has 4 nitrogen and oxygen atoms in total. The van der Waals surface area contributed by atoms with Crippen molar-refractivity contribution in [3.8, 4) is 17.0 Å². The Hall–Kier alpha value is -2.59. The lowest BCUT2D eigenvalue weighted by atomic mass is 10.1. The summed E-state index contributed by atoms with van der Waals surface area (Å²) in [4.78, 5) is 4.79. The van der Waals surface area contributed by atoms with Gasteiger partial charge in [0.1, 0.15) is 6.61 Å². The molecule has 0 amide bonds. The van der Waals surface area contributed by atoms with E-state index in [1.54, 1.807) is 0 Å². The van der Waals surface area contributed by atoms with Crippen LogP contribution in [-0.2, 0) is 6.54 Å². The van der Waals surface area contributed by atoms with E-state index in [4.69, 9.17) is 15.5 Å². The molecular formula is C19H21N3O. The molecule has 0 aliphatic carbocycles. The minimum absolute atomic E-state index is 0.411. The van der Waals surface area contributed by atoms with Crippen molar-refractivity contribution < 1.29 is 4.74 Å². The Balaban J connectivity index is 2.13. The minimum atomic E-state index is 0.411. The predicted molar refractivity (Wildman–Crippen MR) is 93.6 cm³/mol. The maximum absolute atomic E-state index is 5.98. The number of pyridine rings is 1. The van der Waals surface area contributed by atoms with Crippen LogP contribution in [0.25, 0.3) is 16.9 Å². The predicted octanol–water partition coefficient (Wildman–Crippen LogP) is 3.72. The number of aromatic nitrogens is 2. The largest absolute Gasteiger partial charge is 0.485 e. The third-order valence-electron chi connectivity index (χ3n) is 3.71. The normalized spacial score (nSPS) is 10.9. The molecule has 0 saturated carbocycles. The minimum Gasteiger partial charge on any atom is -0.485 e. The molecule has 0 unspecified atom stereocenters. The zero-order valence-electron chi connectivity index (χ0n) is 13.5. The van der Waals surface area contributed by atoms with Gasteiger partial charge in [0, 0.05) is 18.3 Å². The molecule has 3 aromatic rings. The molecule has 23 heavy (non-hydrogen) atoms. The van der Waals surface area contributed by atoms with Crippen LogP contribution in [0.2, 0.25) is 0 Å². The fraction of sp³-hybridized carbons (Fsp3) is 0.211. The molecule has 4 heteroatoms. The third-order valence-corrected chi connectivity index (χ3v) is 3.71. The Morgan fingerprint density at radius 3 is 2.65 bits per heavy atom. The number of hydrogen-bond donors (Lipinski definition) is 1. The second-order valence-corrected chi connectivity index (χ2v) is 5.79. The van der Waals surface area contributed by atoms with Gasteiger partial charge in [-0.25, -0.2) is 4.98 Å². The lowest BCUT2D eigenvalue weighted by Crippen LogP contribution is -2.03. The topological polar surface area (TPSA) is 52.5 Å². The van der Waals surface area contributed by atoms with Crippen LogP contribution in [0.15, 0.2) is 54.7 Å². The zero-order valence-corrected chi connectivity index (χ0v) is 13.5. The Kier molecular flexibility index (Phi) is 4.17. The Bertz CT molecular complexity index is 847. The highest BCUT2D eigenvalue weighted by Crippen LogP contribution is 2.28. The first-order valence-corrected chi connectivity index (χ1v) is 7.64. The highest BCUT2D eigenvalue weighted by molar-refractivity contribution is 5.69. The molecular weight excluding hydrogens is 286 g/mol. The van der Waals surface area contributed by atoms with Crippen LogP contribution in [0, 0.1) is 6.92 Å². The van der Waals surface area contributed by atoms with E-state index in [1.165, 1.54) is 5.56 Å². The molecule has 0 bridgehead atoms. The average molecular weight is 307 g/mol. The van der Waals surface area contributed by atoms with Gasteiger partial charge in [0.15, 0.2) is 11.4 Å². The van der Waals surface area contributed by atoms with Gasteiger partial charge in [-0.15, -0.1) is 0 Å². The summed E-state index contributed by atoms with van der Waals surface area (Å²) in [5.41, 5.74) is 11.9. The van der Waals surface area contributed by atoms with Crippen LogP contribution in [0.5, 0.6) is 5.75 Å². The van der Waals surface area contributed by atoms with Crippen LogP contribution in [0.3, 0.4) is 0 Å². The summed E-state index contributed by atoms with van der Waals surface area (Å²) in [6, 6.07) is 12.2. The summed E-state index contributed by atoms with van der Waals surface area (Å²) < 4.78 is 7.83. The van der Waals surface area contributed by atoms with Gasteiger partial charge in [0.05, 0.1) is 11.4 Å². The number of nitrogens with two attached hydrogens (primary N) is 1. The molecule has 0 saturated heterocycles. The van der Waals surface area contributed by atoms with E-state index in [1.807, 2.05) is 29.7 Å². The number of imidazole rings is 1. The van der Waals surface area contributed by atoms with Gasteiger partial charge in [0.2, 0.25) is 0 Å². The first kappa shape index (κ1) is 15.3. The zero-order chi connectivity index (χ0) is 16.4. The van der Waals surface area contributed by atoms with Crippen LogP contribution in [0.4, 0.5) is 0 Å². The fourth-order valence-corrected chi connectivity index (χ4v) is 2.54. The molecule has 2 aromatic heterocycles. The second-order valence-electron chi connectivity index (χ2n) is 5.79. The van der Waals surface area contributed by atoms with E-state index in [2.05, 4.69) is 37.8 Å². The van der Waals surface area contributed by atoms with Gasteiger partial charge in [-0.2, -0.15) is 0 Å². The number of nitrogens with zero attached hydrogens (tertiary/aromatic N) is 2. The standard InChI is InChI=1S/C19H21N3O/c1-13(2)12-23-17-5-4-10-22-16(11-20)18(21-19(17)22)15-8-6-14(3)7-9-15/h4-10H,1,11-12,20H2,2-3H3. The third kappa shape index (κ3) is 2.98. The molecule has 0 spiro atoms. The van der Waals surface area contributed by atoms with Crippen molar-refractivity contribution in [2.24, 2.45) is 5.73 Å². The molecule has 0 aliphatic heterocycles. The van der Waals surface area contributed by atoms with Crippen molar-refractivity contribution >= 4 is 5.65 Å². The molecule has 0 radical (unpaired) electrons. The fourth-order valence-electron chi connectivity index (χ4n) is 2.54. The Morgan fingerprint density at radius 2 is 2.00 bits per heavy atom. The monoisotopic (exact) mass is 307 g/mol. The number of aryl methyl sites for hydroxylation is 1. The van der Waals surface area contributed by atoms with Crippen molar-refractivity contribution in [3.05, 3.63) is 66.0 Å². The number of ether oxygens (including phenoxy) is 1. The van der Waals surface area contributed by atoms with Crippen molar-refractivity contribution in [3.63, 3.8) is 0 Å². The summed E-state index contributed by atoms with van der Waals surface area (Å²) in [6.07, 6.45) is 1.97. The van der Waals surface area contributed by atoms with Gasteiger partial charge in [-0.05, 0) is 31.6 Å². The van der Waals surface area contributed by atoms with Crippen molar-refractivity contribution in [2.75, 3.05) is 6.61 Å². The number of benzene rings is 1. The van der Waals surface area contributed by atoms with Crippen LogP contribution < -0.4 is 10.5 Å². The van der Waals surface area contributed by atoms with E-state index in [-0.39, 0.29) is 0 Å². The average Bonchev–Trinajstić information content (AvgIpc) is 2.92. The molecule has 1 aromatic carbocycles. The molecule has 118 valence electrons. The Labute approximate surface area is 136 Å². The molecule has 3 rings (SSSR count). The SMILES string of the molecule is C=C(C)COc1cccn2c(CN)c(-c3ccc(C)cc3)nc12. The number of hydrogen-bond acceptors (Lipinski definition) is 3. The first-order chi connectivity index (χ1) is 11.1. The summed E-state index contributed by atoms with van der Waals surface area (Å²) in [7, 11) is 0. The lowest BCUT2D eigenvalue weighted by molar-refractivity contribution is 0.354. The Morgan fingerprint density at radius 1 is 1.26 bits per heavy atom. The summed E-state index contributed by atoms with van der Waals surface area (Å²) >= 11 is 0. The summed E-state index contributed by atoms with van der Waals surface area (Å²) in [5.74, 6) is 0.739. The van der Waals surface area contributed by atoms with E-state index in [0.29, 0.717) is 13.2 Å². The molecule has 0 atom stereocenters. The number of fused-ring (bicyclic) bond motifs is 1. The summed E-state index contributed by atoms with van der Waals surface area (Å²) in [6.45, 7) is 8.77. The van der Waals surface area contributed by atoms with E-state index in [9.17, 15) is 0 Å². The van der Waals surface area contributed by atoms with Gasteiger partial charge < -0.3 is 10.5 Å².